The summed E-state index contributed by atoms with van der Waals surface area (Å²) < 4.78 is 26.6. The Morgan fingerprint density at radius 1 is 1.24 bits per heavy atom. The van der Waals surface area contributed by atoms with Crippen molar-refractivity contribution in [2.24, 2.45) is 0 Å². The number of aromatic carboxylic acids is 1. The fraction of sp³-hybridized carbons (Fsp3) is 0. The fourth-order valence-electron chi connectivity index (χ4n) is 1.50. The number of carbonyl (C=O) groups is 1. The van der Waals surface area contributed by atoms with E-state index in [1.54, 1.807) is 0 Å². The Morgan fingerprint density at radius 3 is 2.52 bits per heavy atom. The first-order valence-electron chi connectivity index (χ1n) is 5.47. The van der Waals surface area contributed by atoms with Crippen molar-refractivity contribution in [1.82, 2.24) is 4.98 Å². The van der Waals surface area contributed by atoms with Crippen molar-refractivity contribution in [3.63, 3.8) is 0 Å². The van der Waals surface area contributed by atoms with Gasteiger partial charge in [-0.15, -0.1) is 0 Å². The minimum Gasteiger partial charge on any atom is -0.478 e. The summed E-state index contributed by atoms with van der Waals surface area (Å²) >= 11 is 11.5. The van der Waals surface area contributed by atoms with Gasteiger partial charge in [0.25, 0.3) is 10.0 Å². The predicted molar refractivity (Wildman–Crippen MR) is 78.5 cm³/mol. The topological polar surface area (TPSA) is 96.4 Å². The Kier molecular flexibility index (Phi) is 4.36. The van der Waals surface area contributed by atoms with E-state index in [9.17, 15) is 13.2 Å². The summed E-state index contributed by atoms with van der Waals surface area (Å²) in [5, 5.41) is 8.67. The maximum Gasteiger partial charge on any atom is 0.337 e. The number of hydrogen-bond acceptors (Lipinski definition) is 4. The fourth-order valence-corrected chi connectivity index (χ4v) is 3.14. The van der Waals surface area contributed by atoms with E-state index in [2.05, 4.69) is 9.71 Å². The zero-order valence-electron chi connectivity index (χ0n) is 10.2. The van der Waals surface area contributed by atoms with E-state index >= 15 is 0 Å². The third-order valence-electron chi connectivity index (χ3n) is 2.48. The SMILES string of the molecule is O=C(O)c1ccc(S(=O)(=O)Nc2cccnc2Cl)cc1Cl. The molecule has 0 aliphatic rings. The number of anilines is 1. The molecule has 0 amide bonds. The summed E-state index contributed by atoms with van der Waals surface area (Å²) in [6.07, 6.45) is 1.42. The van der Waals surface area contributed by atoms with Gasteiger partial charge in [-0.3, -0.25) is 4.72 Å². The van der Waals surface area contributed by atoms with Crippen molar-refractivity contribution in [2.45, 2.75) is 4.90 Å². The number of rotatable bonds is 4. The van der Waals surface area contributed by atoms with Crippen LogP contribution in [0.3, 0.4) is 0 Å². The highest BCUT2D eigenvalue weighted by Crippen LogP contribution is 2.25. The number of pyridine rings is 1. The summed E-state index contributed by atoms with van der Waals surface area (Å²) in [4.78, 5) is 14.4. The zero-order valence-corrected chi connectivity index (χ0v) is 12.6. The Bertz CT molecular complexity index is 809. The van der Waals surface area contributed by atoms with Crippen molar-refractivity contribution in [1.29, 1.82) is 0 Å². The van der Waals surface area contributed by atoms with E-state index < -0.39 is 16.0 Å². The van der Waals surface area contributed by atoms with Crippen LogP contribution in [0.5, 0.6) is 0 Å². The molecule has 0 unspecified atom stereocenters. The molecule has 0 radical (unpaired) electrons. The number of nitrogens with one attached hydrogen (secondary N) is 1. The lowest BCUT2D eigenvalue weighted by molar-refractivity contribution is 0.0697. The lowest BCUT2D eigenvalue weighted by Crippen LogP contribution is -2.14. The minimum absolute atomic E-state index is 0.00525. The van der Waals surface area contributed by atoms with E-state index in [4.69, 9.17) is 28.3 Å². The first-order chi connectivity index (χ1) is 9.81. The molecule has 1 heterocycles. The Morgan fingerprint density at radius 2 is 1.95 bits per heavy atom. The monoisotopic (exact) mass is 346 g/mol. The summed E-state index contributed by atoms with van der Waals surface area (Å²) in [6.45, 7) is 0. The van der Waals surface area contributed by atoms with Gasteiger partial charge in [0, 0.05) is 6.20 Å². The van der Waals surface area contributed by atoms with Crippen LogP contribution in [0.2, 0.25) is 10.2 Å². The van der Waals surface area contributed by atoms with Gasteiger partial charge in [-0.1, -0.05) is 23.2 Å². The van der Waals surface area contributed by atoms with Crippen LogP contribution >= 0.6 is 23.2 Å². The average Bonchev–Trinajstić information content (AvgIpc) is 2.40. The molecule has 110 valence electrons. The molecule has 1 aromatic carbocycles. The van der Waals surface area contributed by atoms with Crippen LogP contribution in [0, 0.1) is 0 Å². The molecule has 0 fully saturated rings. The quantitative estimate of drug-likeness (QED) is 0.829. The highest BCUT2D eigenvalue weighted by Gasteiger charge is 2.19. The summed E-state index contributed by atoms with van der Waals surface area (Å²) in [5.74, 6) is -1.24. The molecular weight excluding hydrogens is 339 g/mol. The highest BCUT2D eigenvalue weighted by molar-refractivity contribution is 7.92. The second-order valence-corrected chi connectivity index (χ2v) is 6.34. The molecule has 0 atom stereocenters. The number of carboxylic acids is 1. The second-order valence-electron chi connectivity index (χ2n) is 3.89. The molecule has 0 saturated carbocycles. The molecule has 6 nitrogen and oxygen atoms in total. The smallest absolute Gasteiger partial charge is 0.337 e. The molecule has 0 saturated heterocycles. The van der Waals surface area contributed by atoms with Crippen molar-refractivity contribution >= 4 is 44.9 Å². The molecule has 0 spiro atoms. The maximum absolute atomic E-state index is 12.2. The summed E-state index contributed by atoms with van der Waals surface area (Å²) in [7, 11) is -3.95. The van der Waals surface area contributed by atoms with Crippen molar-refractivity contribution in [3.05, 3.63) is 52.3 Å². The van der Waals surface area contributed by atoms with E-state index in [-0.39, 0.29) is 26.3 Å². The number of hydrogen-bond donors (Lipinski definition) is 2. The van der Waals surface area contributed by atoms with Gasteiger partial charge in [0.1, 0.15) is 0 Å². The van der Waals surface area contributed by atoms with Gasteiger partial charge < -0.3 is 5.11 Å². The van der Waals surface area contributed by atoms with Crippen molar-refractivity contribution < 1.29 is 18.3 Å². The first kappa shape index (κ1) is 15.6. The van der Waals surface area contributed by atoms with Crippen LogP contribution in [0.1, 0.15) is 10.4 Å². The van der Waals surface area contributed by atoms with Crippen LogP contribution in [-0.2, 0) is 10.0 Å². The van der Waals surface area contributed by atoms with Gasteiger partial charge >= 0.3 is 5.97 Å². The van der Waals surface area contributed by atoms with Crippen LogP contribution in [0.4, 0.5) is 5.69 Å². The number of benzene rings is 1. The van der Waals surface area contributed by atoms with E-state index in [1.165, 1.54) is 18.3 Å². The molecule has 0 aliphatic heterocycles. The normalized spacial score (nSPS) is 11.1. The minimum atomic E-state index is -3.95. The Hall–Kier alpha value is -1.83. The van der Waals surface area contributed by atoms with Crippen molar-refractivity contribution in [3.8, 4) is 0 Å². The standard InChI is InChI=1S/C12H8Cl2N2O4S/c13-9-6-7(3-4-8(9)12(17)18)21(19,20)16-10-2-1-5-15-11(10)14/h1-6,16H,(H,17,18). The van der Waals surface area contributed by atoms with E-state index in [0.29, 0.717) is 0 Å². The van der Waals surface area contributed by atoms with Crippen LogP contribution < -0.4 is 4.72 Å². The number of sulfonamides is 1. The summed E-state index contributed by atoms with van der Waals surface area (Å²) in [6, 6.07) is 6.27. The number of carboxylic acid groups (broad SMARTS) is 1. The van der Waals surface area contributed by atoms with Gasteiger partial charge in [0.2, 0.25) is 0 Å². The predicted octanol–water partition coefficient (Wildman–Crippen LogP) is 2.89. The van der Waals surface area contributed by atoms with Gasteiger partial charge in [-0.2, -0.15) is 0 Å². The number of halogens is 2. The highest BCUT2D eigenvalue weighted by atomic mass is 35.5. The van der Waals surface area contributed by atoms with Crippen LogP contribution in [-0.4, -0.2) is 24.5 Å². The third-order valence-corrected chi connectivity index (χ3v) is 4.46. The Balaban J connectivity index is 2.39. The maximum atomic E-state index is 12.2. The van der Waals surface area contributed by atoms with Crippen LogP contribution in [0.25, 0.3) is 0 Å². The molecule has 2 aromatic rings. The molecule has 21 heavy (non-hydrogen) atoms. The first-order valence-corrected chi connectivity index (χ1v) is 7.71. The molecule has 1 aromatic heterocycles. The van der Waals surface area contributed by atoms with Crippen molar-refractivity contribution in [2.75, 3.05) is 4.72 Å². The van der Waals surface area contributed by atoms with E-state index in [1.807, 2.05) is 0 Å². The molecular formula is C12H8Cl2N2O4S. The van der Waals surface area contributed by atoms with Gasteiger partial charge in [-0.25, -0.2) is 18.2 Å². The molecule has 0 aliphatic carbocycles. The average molecular weight is 347 g/mol. The summed E-state index contributed by atoms with van der Waals surface area (Å²) in [5.41, 5.74) is -0.0763. The van der Waals surface area contributed by atoms with Gasteiger partial charge in [0.05, 0.1) is 21.2 Å². The van der Waals surface area contributed by atoms with E-state index in [0.717, 1.165) is 18.2 Å². The molecule has 0 bridgehead atoms. The lowest BCUT2D eigenvalue weighted by Gasteiger charge is -2.09. The van der Waals surface area contributed by atoms with Gasteiger partial charge in [-0.05, 0) is 30.3 Å². The molecule has 2 N–H and O–H groups in total. The Labute approximate surface area is 130 Å². The van der Waals surface area contributed by atoms with Gasteiger partial charge in [0.15, 0.2) is 5.15 Å². The molecule has 9 heteroatoms. The largest absolute Gasteiger partial charge is 0.478 e. The lowest BCUT2D eigenvalue weighted by atomic mass is 10.2. The number of nitrogens with zero attached hydrogens (tertiary/aromatic N) is 1. The zero-order chi connectivity index (χ0) is 15.6. The third kappa shape index (κ3) is 3.44. The number of aromatic nitrogens is 1. The molecule has 2 rings (SSSR count). The van der Waals surface area contributed by atoms with Crippen LogP contribution in [0.15, 0.2) is 41.4 Å². The second kappa shape index (κ2) is 5.88.